The molecule has 0 aliphatic rings. The molecule has 0 aliphatic carbocycles. The van der Waals surface area contributed by atoms with E-state index in [4.69, 9.17) is 11.6 Å². The van der Waals surface area contributed by atoms with Gasteiger partial charge in [-0.15, -0.1) is 33.1 Å². The van der Waals surface area contributed by atoms with Crippen molar-refractivity contribution in [1.82, 2.24) is 19.9 Å². The number of esters is 1. The number of amides is 2. The van der Waals surface area contributed by atoms with Gasteiger partial charge in [-0.1, -0.05) is 11.8 Å². The molecule has 0 bridgehead atoms. The number of nitrogens with one attached hydrogen (secondary N) is 2. The molecule has 0 unspecified atom stereocenters. The second-order valence-corrected chi connectivity index (χ2v) is 6.84. The van der Waals surface area contributed by atoms with E-state index in [-0.39, 0.29) is 29.9 Å². The van der Waals surface area contributed by atoms with Crippen molar-refractivity contribution in [2.45, 2.75) is 18.5 Å². The Morgan fingerprint density at radius 3 is 2.81 bits per heavy atom. The molecule has 0 spiro atoms. The number of nitrogens with zero attached hydrogens (tertiary/aromatic N) is 4. The summed E-state index contributed by atoms with van der Waals surface area (Å²) in [5.74, 6) is -0.803. The number of hydrogen-bond donors (Lipinski definition) is 2. The summed E-state index contributed by atoms with van der Waals surface area (Å²) >= 11 is 7.76. The van der Waals surface area contributed by atoms with E-state index >= 15 is 0 Å². The molecule has 2 N–H and O–H groups in total. The molecule has 2 heterocycles. The largest absolute Gasteiger partial charge is 0.468 e. The molecule has 26 heavy (non-hydrogen) atoms. The second-order valence-electron chi connectivity index (χ2n) is 4.77. The first-order valence-electron chi connectivity index (χ1n) is 7.14. The van der Waals surface area contributed by atoms with Crippen LogP contribution in [0, 0.1) is 0 Å². The maximum atomic E-state index is 11.5. The van der Waals surface area contributed by atoms with E-state index in [1.165, 1.54) is 30.0 Å². The van der Waals surface area contributed by atoms with Crippen LogP contribution >= 0.6 is 34.7 Å². The third-order valence-corrected chi connectivity index (χ3v) is 4.73. The first-order chi connectivity index (χ1) is 12.4. The molecule has 2 aromatic rings. The summed E-state index contributed by atoms with van der Waals surface area (Å²) in [7, 11) is 1.29. The quantitative estimate of drug-likeness (QED) is 0.367. The fourth-order valence-corrected chi connectivity index (χ4v) is 3.26. The highest BCUT2D eigenvalue weighted by Crippen LogP contribution is 2.20. The number of alkyl halides is 1. The van der Waals surface area contributed by atoms with Crippen molar-refractivity contribution in [3.05, 3.63) is 16.9 Å². The smallest absolute Gasteiger partial charge is 0.316 e. The lowest BCUT2D eigenvalue weighted by Gasteiger charge is -2.09. The number of anilines is 1. The standard InChI is InChI=1S/C13H15ClN6O4S2/c1-7(21)19-20-9(17-18-13(20)26-6-11(23)24-2)3-8-5-25-12(15-8)16-10(22)4-14/h5H,3-4,6H2,1-2H3,(H,19,21)(H,15,16,22). The minimum Gasteiger partial charge on any atom is -0.468 e. The zero-order chi connectivity index (χ0) is 19.1. The SMILES string of the molecule is COC(=O)CSc1nnc(Cc2csc(NC(=O)CCl)n2)n1NC(C)=O. The Hall–Kier alpha value is -2.18. The lowest BCUT2D eigenvalue weighted by Crippen LogP contribution is -2.23. The normalized spacial score (nSPS) is 10.4. The number of rotatable bonds is 8. The van der Waals surface area contributed by atoms with Gasteiger partial charge >= 0.3 is 5.97 Å². The summed E-state index contributed by atoms with van der Waals surface area (Å²) in [5.41, 5.74) is 3.23. The van der Waals surface area contributed by atoms with E-state index in [0.717, 1.165) is 11.8 Å². The van der Waals surface area contributed by atoms with Crippen molar-refractivity contribution < 1.29 is 19.1 Å². The van der Waals surface area contributed by atoms with Gasteiger partial charge in [-0.05, 0) is 0 Å². The third kappa shape index (κ3) is 5.68. The fraction of sp³-hybridized carbons (Fsp3) is 0.385. The molecule has 0 radical (unpaired) electrons. The van der Waals surface area contributed by atoms with E-state index in [9.17, 15) is 14.4 Å². The molecule has 13 heteroatoms. The minimum absolute atomic E-state index is 0.0273. The molecule has 2 aromatic heterocycles. The van der Waals surface area contributed by atoms with Gasteiger partial charge in [0.05, 0.1) is 25.0 Å². The molecule has 0 saturated heterocycles. The van der Waals surface area contributed by atoms with Crippen LogP contribution in [0.25, 0.3) is 0 Å². The van der Waals surface area contributed by atoms with Crippen molar-refractivity contribution in [2.75, 3.05) is 29.5 Å². The van der Waals surface area contributed by atoms with Gasteiger partial charge in [-0.2, -0.15) is 0 Å². The van der Waals surface area contributed by atoms with Crippen LogP contribution in [-0.2, 0) is 25.5 Å². The van der Waals surface area contributed by atoms with Gasteiger partial charge in [0, 0.05) is 12.3 Å². The molecule has 10 nitrogen and oxygen atoms in total. The summed E-state index contributed by atoms with van der Waals surface area (Å²) in [5, 5.41) is 13.1. The lowest BCUT2D eigenvalue weighted by atomic mass is 10.3. The Bertz CT molecular complexity index is 808. The van der Waals surface area contributed by atoms with Gasteiger partial charge in [-0.25, -0.2) is 9.66 Å². The average Bonchev–Trinajstić information content (AvgIpc) is 3.20. The zero-order valence-corrected chi connectivity index (χ0v) is 16.2. The van der Waals surface area contributed by atoms with Gasteiger partial charge in [-0.3, -0.25) is 19.8 Å². The van der Waals surface area contributed by atoms with Crippen LogP contribution in [-0.4, -0.2) is 56.4 Å². The number of carbonyl (C=O) groups excluding carboxylic acids is 3. The number of ether oxygens (including phenoxy) is 1. The Balaban J connectivity index is 2.15. The lowest BCUT2D eigenvalue weighted by molar-refractivity contribution is -0.137. The summed E-state index contributed by atoms with van der Waals surface area (Å²) in [4.78, 5) is 38.3. The van der Waals surface area contributed by atoms with E-state index in [1.807, 2.05) is 0 Å². The summed E-state index contributed by atoms with van der Waals surface area (Å²) in [6.07, 6.45) is 0.263. The van der Waals surface area contributed by atoms with Crippen molar-refractivity contribution >= 4 is 57.6 Å². The molecule has 0 fully saturated rings. The Labute approximate surface area is 161 Å². The summed E-state index contributed by atoms with van der Waals surface area (Å²) < 4.78 is 5.98. The number of carbonyl (C=O) groups is 3. The maximum absolute atomic E-state index is 11.5. The average molecular weight is 419 g/mol. The number of halogens is 1. The van der Waals surface area contributed by atoms with Crippen molar-refractivity contribution in [3.8, 4) is 0 Å². The van der Waals surface area contributed by atoms with Crippen molar-refractivity contribution in [1.29, 1.82) is 0 Å². The molecular weight excluding hydrogens is 404 g/mol. The van der Waals surface area contributed by atoms with Crippen LogP contribution in [0.2, 0.25) is 0 Å². The summed E-state index contributed by atoms with van der Waals surface area (Å²) in [6.45, 7) is 1.35. The highest BCUT2D eigenvalue weighted by Gasteiger charge is 2.17. The molecule has 0 aromatic carbocycles. The highest BCUT2D eigenvalue weighted by molar-refractivity contribution is 7.99. The van der Waals surface area contributed by atoms with E-state index < -0.39 is 5.97 Å². The van der Waals surface area contributed by atoms with Crippen LogP contribution in [0.5, 0.6) is 0 Å². The molecule has 140 valence electrons. The molecule has 0 atom stereocenters. The number of hydrogen-bond acceptors (Lipinski definition) is 9. The van der Waals surface area contributed by atoms with Gasteiger partial charge in [0.1, 0.15) is 5.88 Å². The van der Waals surface area contributed by atoms with Gasteiger partial charge in [0.15, 0.2) is 11.0 Å². The number of thiazole rings is 1. The van der Waals surface area contributed by atoms with Gasteiger partial charge in [0.25, 0.3) is 0 Å². The highest BCUT2D eigenvalue weighted by atomic mass is 35.5. The van der Waals surface area contributed by atoms with Gasteiger partial charge in [0.2, 0.25) is 17.0 Å². The number of methoxy groups -OCH3 is 1. The Morgan fingerprint density at radius 1 is 1.38 bits per heavy atom. The minimum atomic E-state index is -0.423. The Kier molecular flexibility index (Phi) is 7.36. The monoisotopic (exact) mass is 418 g/mol. The van der Waals surface area contributed by atoms with E-state index in [1.54, 1.807) is 5.38 Å². The van der Waals surface area contributed by atoms with Crippen LogP contribution < -0.4 is 10.7 Å². The van der Waals surface area contributed by atoms with Crippen LogP contribution in [0.1, 0.15) is 18.4 Å². The molecule has 0 saturated carbocycles. The first-order valence-corrected chi connectivity index (χ1v) is 9.54. The third-order valence-electron chi connectivity index (χ3n) is 2.78. The first kappa shape index (κ1) is 20.1. The molecule has 2 rings (SSSR count). The van der Waals surface area contributed by atoms with Crippen molar-refractivity contribution in [3.63, 3.8) is 0 Å². The molecule has 0 aliphatic heterocycles. The Morgan fingerprint density at radius 2 is 2.15 bits per heavy atom. The van der Waals surface area contributed by atoms with E-state index in [0.29, 0.717) is 21.8 Å². The van der Waals surface area contributed by atoms with Crippen LogP contribution in [0.15, 0.2) is 10.5 Å². The summed E-state index contributed by atoms with van der Waals surface area (Å²) in [6, 6.07) is 0. The van der Waals surface area contributed by atoms with Crippen LogP contribution in [0.3, 0.4) is 0 Å². The molecule has 2 amide bonds. The second kappa shape index (κ2) is 9.50. The van der Waals surface area contributed by atoms with Gasteiger partial charge < -0.3 is 10.1 Å². The number of aromatic nitrogens is 4. The van der Waals surface area contributed by atoms with E-state index in [2.05, 4.69) is 30.7 Å². The predicted octanol–water partition coefficient (Wildman–Crippen LogP) is 0.858. The topological polar surface area (TPSA) is 128 Å². The zero-order valence-electron chi connectivity index (χ0n) is 13.8. The number of thioether (sulfide) groups is 1. The van der Waals surface area contributed by atoms with Crippen LogP contribution in [0.4, 0.5) is 5.13 Å². The fourth-order valence-electron chi connectivity index (χ4n) is 1.72. The molecular formula is C13H15ClN6O4S2. The maximum Gasteiger partial charge on any atom is 0.316 e. The van der Waals surface area contributed by atoms with Crippen molar-refractivity contribution in [2.24, 2.45) is 0 Å². The predicted molar refractivity (Wildman–Crippen MR) is 97.1 cm³/mol.